The highest BCUT2D eigenvalue weighted by Crippen LogP contribution is 2.35. The van der Waals surface area contributed by atoms with E-state index in [2.05, 4.69) is 5.32 Å². The minimum Gasteiger partial charge on any atom is -0.496 e. The molecule has 0 aliphatic carbocycles. The van der Waals surface area contributed by atoms with E-state index in [-0.39, 0.29) is 5.75 Å². The normalized spacial score (nSPS) is 12.0. The number of nitrogens with one attached hydrogen (secondary N) is 1. The maximum Gasteiger partial charge on any atom is 0.332 e. The number of esters is 1. The standard InChI is InChI=1S/C28H31NO8S/c1-33-21-16-25(35-3)22(26(17-21)36-4)13-14-38(31,32)18-19-11-12-24(34-2)23(15-19)29-27(28(30)37-5)20-9-7-6-8-10-20/h6-17,27,29H,18H2,1-5H3/b14-13+. The smallest absolute Gasteiger partial charge is 0.332 e. The summed E-state index contributed by atoms with van der Waals surface area (Å²) >= 11 is 0. The second kappa shape index (κ2) is 12.9. The van der Waals surface area contributed by atoms with Crippen molar-refractivity contribution in [3.8, 4) is 23.0 Å². The lowest BCUT2D eigenvalue weighted by Crippen LogP contribution is -2.22. The molecule has 0 fully saturated rings. The Balaban J connectivity index is 1.90. The number of hydrogen-bond donors (Lipinski definition) is 1. The van der Waals surface area contributed by atoms with Crippen LogP contribution < -0.4 is 24.3 Å². The molecule has 9 nitrogen and oxygen atoms in total. The summed E-state index contributed by atoms with van der Waals surface area (Å²) in [5.41, 5.74) is 2.08. The fraction of sp³-hybridized carbons (Fsp3) is 0.250. The van der Waals surface area contributed by atoms with Crippen LogP contribution in [-0.4, -0.2) is 49.9 Å². The van der Waals surface area contributed by atoms with Gasteiger partial charge in [0.2, 0.25) is 0 Å². The number of carbonyl (C=O) groups is 1. The largest absolute Gasteiger partial charge is 0.496 e. The first-order valence-corrected chi connectivity index (χ1v) is 13.2. The van der Waals surface area contributed by atoms with E-state index in [1.807, 2.05) is 18.2 Å². The number of hydrogen-bond acceptors (Lipinski definition) is 9. The molecule has 3 aromatic carbocycles. The summed E-state index contributed by atoms with van der Waals surface area (Å²) in [4.78, 5) is 12.5. The molecule has 38 heavy (non-hydrogen) atoms. The van der Waals surface area contributed by atoms with Crippen molar-refractivity contribution in [2.75, 3.05) is 40.9 Å². The molecule has 0 spiro atoms. The van der Waals surface area contributed by atoms with Crippen molar-refractivity contribution in [3.63, 3.8) is 0 Å². The van der Waals surface area contributed by atoms with Crippen LogP contribution in [0, 0.1) is 0 Å². The molecule has 0 radical (unpaired) electrons. The number of ether oxygens (including phenoxy) is 5. The second-order valence-electron chi connectivity index (χ2n) is 8.10. The van der Waals surface area contributed by atoms with E-state index in [0.29, 0.717) is 45.4 Å². The lowest BCUT2D eigenvalue weighted by atomic mass is 10.1. The Bertz CT molecular complexity index is 1360. The maximum atomic E-state index is 13.0. The highest BCUT2D eigenvalue weighted by Gasteiger charge is 2.23. The van der Waals surface area contributed by atoms with Crippen LogP contribution in [0.15, 0.2) is 66.1 Å². The minimum absolute atomic E-state index is 0.294. The molecule has 0 heterocycles. The number of benzene rings is 3. The van der Waals surface area contributed by atoms with Crippen molar-refractivity contribution in [3.05, 3.63) is 82.8 Å². The molecule has 1 unspecified atom stereocenters. The zero-order chi connectivity index (χ0) is 27.7. The lowest BCUT2D eigenvalue weighted by Gasteiger charge is -2.20. The summed E-state index contributed by atoms with van der Waals surface area (Å²) in [6.45, 7) is 0. The Morgan fingerprint density at radius 3 is 2.03 bits per heavy atom. The first-order valence-electron chi connectivity index (χ1n) is 11.5. The maximum absolute atomic E-state index is 13.0. The molecule has 1 atom stereocenters. The Morgan fingerprint density at radius 1 is 0.842 bits per heavy atom. The number of methoxy groups -OCH3 is 5. The van der Waals surface area contributed by atoms with E-state index in [9.17, 15) is 13.2 Å². The van der Waals surface area contributed by atoms with Crippen molar-refractivity contribution in [1.82, 2.24) is 0 Å². The SMILES string of the molecule is COC(=O)C(Nc1cc(CS(=O)(=O)/C=C/c2c(OC)cc(OC)cc2OC)ccc1OC)c1ccccc1. The summed E-state index contributed by atoms with van der Waals surface area (Å²) in [6.07, 6.45) is 1.43. The number of anilines is 1. The predicted octanol–water partition coefficient (Wildman–Crippen LogP) is 4.63. The van der Waals surface area contributed by atoms with Gasteiger partial charge in [0.15, 0.2) is 15.9 Å². The van der Waals surface area contributed by atoms with Gasteiger partial charge >= 0.3 is 5.97 Å². The molecule has 0 amide bonds. The lowest BCUT2D eigenvalue weighted by molar-refractivity contribution is -0.141. The van der Waals surface area contributed by atoms with Gasteiger partial charge in [0.1, 0.15) is 23.0 Å². The van der Waals surface area contributed by atoms with Gasteiger partial charge in [-0.1, -0.05) is 36.4 Å². The number of carbonyl (C=O) groups excluding carboxylic acids is 1. The van der Waals surface area contributed by atoms with Gasteiger partial charge < -0.3 is 29.0 Å². The molecule has 3 rings (SSSR count). The van der Waals surface area contributed by atoms with Crippen LogP contribution in [0.25, 0.3) is 6.08 Å². The molecule has 0 saturated heterocycles. The number of sulfone groups is 1. The molecule has 202 valence electrons. The van der Waals surface area contributed by atoms with Gasteiger partial charge in [-0.2, -0.15) is 0 Å². The number of rotatable bonds is 12. The highest BCUT2D eigenvalue weighted by molar-refractivity contribution is 7.93. The molecular weight excluding hydrogens is 510 g/mol. The Hall–Kier alpha value is -4.18. The summed E-state index contributed by atoms with van der Waals surface area (Å²) < 4.78 is 52.5. The van der Waals surface area contributed by atoms with Crippen LogP contribution in [0.2, 0.25) is 0 Å². The second-order valence-corrected chi connectivity index (χ2v) is 9.99. The molecule has 0 bridgehead atoms. The van der Waals surface area contributed by atoms with Gasteiger partial charge in [-0.15, -0.1) is 0 Å². The van der Waals surface area contributed by atoms with Crippen LogP contribution in [0.1, 0.15) is 22.7 Å². The Kier molecular flexibility index (Phi) is 9.61. The molecule has 0 aliphatic heterocycles. The average Bonchev–Trinajstić information content (AvgIpc) is 2.94. The van der Waals surface area contributed by atoms with Gasteiger partial charge in [-0.25, -0.2) is 13.2 Å². The third kappa shape index (κ3) is 6.98. The Morgan fingerprint density at radius 2 is 1.47 bits per heavy atom. The third-order valence-electron chi connectivity index (χ3n) is 5.70. The van der Waals surface area contributed by atoms with Crippen LogP contribution in [0.3, 0.4) is 0 Å². The summed E-state index contributed by atoms with van der Waals surface area (Å²) in [5, 5.41) is 4.24. The zero-order valence-electron chi connectivity index (χ0n) is 21.9. The molecule has 0 saturated carbocycles. The highest BCUT2D eigenvalue weighted by atomic mass is 32.2. The van der Waals surface area contributed by atoms with Gasteiger partial charge in [0.05, 0.1) is 52.6 Å². The summed E-state index contributed by atoms with van der Waals surface area (Å²) in [6, 6.07) is 16.4. The van der Waals surface area contributed by atoms with E-state index in [1.54, 1.807) is 42.5 Å². The van der Waals surface area contributed by atoms with Gasteiger partial charge in [0.25, 0.3) is 0 Å². The average molecular weight is 542 g/mol. The predicted molar refractivity (Wildman–Crippen MR) is 146 cm³/mol. The molecule has 0 aromatic heterocycles. The van der Waals surface area contributed by atoms with Crippen LogP contribution in [-0.2, 0) is 25.1 Å². The quantitative estimate of drug-likeness (QED) is 0.328. The van der Waals surface area contributed by atoms with E-state index >= 15 is 0 Å². The summed E-state index contributed by atoms with van der Waals surface area (Å²) in [7, 11) is 3.54. The first-order chi connectivity index (χ1) is 18.2. The van der Waals surface area contributed by atoms with Crippen LogP contribution in [0.5, 0.6) is 23.0 Å². The third-order valence-corrected chi connectivity index (χ3v) is 6.98. The van der Waals surface area contributed by atoms with Gasteiger partial charge in [0, 0.05) is 17.5 Å². The summed E-state index contributed by atoms with van der Waals surface area (Å²) in [5.74, 6) is 0.965. The molecular formula is C28H31NO8S. The fourth-order valence-corrected chi connectivity index (χ4v) is 4.89. The van der Waals surface area contributed by atoms with Crippen molar-refractivity contribution in [2.45, 2.75) is 11.8 Å². The van der Waals surface area contributed by atoms with E-state index in [1.165, 1.54) is 41.6 Å². The fourth-order valence-electron chi connectivity index (χ4n) is 3.80. The van der Waals surface area contributed by atoms with Crippen molar-refractivity contribution in [2.24, 2.45) is 0 Å². The zero-order valence-corrected chi connectivity index (χ0v) is 22.7. The first kappa shape index (κ1) is 28.4. The van der Waals surface area contributed by atoms with E-state index < -0.39 is 21.8 Å². The molecule has 10 heteroatoms. The van der Waals surface area contributed by atoms with Gasteiger partial charge in [-0.3, -0.25) is 0 Å². The monoisotopic (exact) mass is 541 g/mol. The Labute approximate surface area is 222 Å². The van der Waals surface area contributed by atoms with E-state index in [0.717, 1.165) is 5.41 Å². The topological polar surface area (TPSA) is 109 Å². The van der Waals surface area contributed by atoms with Crippen molar-refractivity contribution in [1.29, 1.82) is 0 Å². The van der Waals surface area contributed by atoms with Gasteiger partial charge in [-0.05, 0) is 29.3 Å². The molecule has 0 aliphatic rings. The van der Waals surface area contributed by atoms with E-state index in [4.69, 9.17) is 23.7 Å². The van der Waals surface area contributed by atoms with Crippen molar-refractivity contribution >= 4 is 27.6 Å². The van der Waals surface area contributed by atoms with Crippen LogP contribution >= 0.6 is 0 Å². The molecule has 3 aromatic rings. The van der Waals surface area contributed by atoms with Crippen LogP contribution in [0.4, 0.5) is 5.69 Å². The van der Waals surface area contributed by atoms with Crippen molar-refractivity contribution < 1.29 is 36.9 Å². The molecule has 1 N–H and O–H groups in total. The minimum atomic E-state index is -3.72.